The molecule has 0 aliphatic rings. The van der Waals surface area contributed by atoms with Crippen LogP contribution in [0.4, 0.5) is 5.69 Å². The van der Waals surface area contributed by atoms with Gasteiger partial charge >= 0.3 is 0 Å². The van der Waals surface area contributed by atoms with E-state index in [1.165, 1.54) is 6.33 Å². The molecular weight excluding hydrogens is 268 g/mol. The van der Waals surface area contributed by atoms with E-state index >= 15 is 0 Å². The van der Waals surface area contributed by atoms with E-state index in [0.717, 1.165) is 24.2 Å². The fourth-order valence-corrected chi connectivity index (χ4v) is 1.95. The lowest BCUT2D eigenvalue weighted by Gasteiger charge is -2.12. The number of benzene rings is 1. The van der Waals surface area contributed by atoms with Crippen molar-refractivity contribution in [1.82, 2.24) is 15.5 Å². The van der Waals surface area contributed by atoms with Crippen LogP contribution in [0.3, 0.4) is 0 Å². The molecule has 1 aromatic heterocycles. The van der Waals surface area contributed by atoms with Gasteiger partial charge in [-0.05, 0) is 31.0 Å². The summed E-state index contributed by atoms with van der Waals surface area (Å²) in [5.74, 6) is 0.414. The Hall–Kier alpha value is -2.37. The Morgan fingerprint density at radius 2 is 2.19 bits per heavy atom. The van der Waals surface area contributed by atoms with Gasteiger partial charge in [0.15, 0.2) is 6.33 Å². The van der Waals surface area contributed by atoms with Gasteiger partial charge in [0.1, 0.15) is 0 Å². The zero-order chi connectivity index (χ0) is 15.1. The Kier molecular flexibility index (Phi) is 5.31. The number of carbonyl (C=O) groups is 1. The second kappa shape index (κ2) is 7.42. The number of rotatable bonds is 7. The Balaban J connectivity index is 1.97. The van der Waals surface area contributed by atoms with Crippen LogP contribution in [-0.2, 0) is 6.42 Å². The molecule has 2 aromatic rings. The fourth-order valence-electron chi connectivity index (χ4n) is 1.95. The minimum absolute atomic E-state index is 0.104. The Labute approximate surface area is 123 Å². The first-order valence-electron chi connectivity index (χ1n) is 7.09. The molecule has 6 nitrogen and oxygen atoms in total. The van der Waals surface area contributed by atoms with E-state index in [4.69, 9.17) is 4.52 Å². The molecule has 6 heteroatoms. The van der Waals surface area contributed by atoms with Gasteiger partial charge in [-0.25, -0.2) is 0 Å². The van der Waals surface area contributed by atoms with Crippen LogP contribution in [0.15, 0.2) is 29.0 Å². The molecule has 1 heterocycles. The number of amides is 1. The van der Waals surface area contributed by atoms with Crippen LogP contribution in [0, 0.1) is 6.92 Å². The zero-order valence-electron chi connectivity index (χ0n) is 12.3. The molecule has 0 saturated heterocycles. The number of anilines is 1. The molecule has 0 fully saturated rings. The maximum Gasteiger partial charge on any atom is 0.253 e. The quantitative estimate of drug-likeness (QED) is 0.816. The fraction of sp³-hybridized carbons (Fsp3) is 0.400. The molecule has 0 spiro atoms. The van der Waals surface area contributed by atoms with Crippen molar-refractivity contribution in [3.05, 3.63) is 41.5 Å². The summed E-state index contributed by atoms with van der Waals surface area (Å²) in [4.78, 5) is 16.2. The third kappa shape index (κ3) is 4.30. The molecule has 0 saturated carbocycles. The molecular formula is C15H20N4O2. The molecule has 0 radical (unpaired) electrons. The molecule has 1 amide bonds. The molecule has 1 aromatic carbocycles. The summed E-state index contributed by atoms with van der Waals surface area (Å²) < 4.78 is 4.89. The van der Waals surface area contributed by atoms with Crippen LogP contribution >= 0.6 is 0 Å². The minimum Gasteiger partial charge on any atom is -0.384 e. The van der Waals surface area contributed by atoms with Crippen molar-refractivity contribution >= 4 is 11.6 Å². The number of aromatic nitrogens is 2. The first kappa shape index (κ1) is 15.0. The average Bonchev–Trinajstić information content (AvgIpc) is 2.98. The summed E-state index contributed by atoms with van der Waals surface area (Å²) >= 11 is 0. The van der Waals surface area contributed by atoms with Gasteiger partial charge in [-0.2, -0.15) is 4.98 Å². The molecule has 0 bridgehead atoms. The normalized spacial score (nSPS) is 10.4. The van der Waals surface area contributed by atoms with Crippen molar-refractivity contribution in [3.8, 4) is 0 Å². The summed E-state index contributed by atoms with van der Waals surface area (Å²) in [6.45, 7) is 5.40. The molecule has 0 aliphatic carbocycles. The number of nitrogens with one attached hydrogen (secondary N) is 2. The smallest absolute Gasteiger partial charge is 0.253 e. The van der Waals surface area contributed by atoms with Crippen molar-refractivity contribution in [2.75, 3.05) is 18.4 Å². The van der Waals surface area contributed by atoms with Gasteiger partial charge in [-0.3, -0.25) is 4.79 Å². The highest BCUT2D eigenvalue weighted by Gasteiger charge is 2.11. The maximum atomic E-state index is 12.3. The van der Waals surface area contributed by atoms with E-state index in [1.807, 2.05) is 25.1 Å². The highest BCUT2D eigenvalue weighted by molar-refractivity contribution is 5.99. The zero-order valence-corrected chi connectivity index (χ0v) is 12.3. The Bertz CT molecular complexity index is 581. The highest BCUT2D eigenvalue weighted by Crippen LogP contribution is 2.17. The summed E-state index contributed by atoms with van der Waals surface area (Å²) in [6.07, 6.45) is 2.88. The van der Waals surface area contributed by atoms with Crippen molar-refractivity contribution in [3.63, 3.8) is 0 Å². The predicted molar refractivity (Wildman–Crippen MR) is 80.3 cm³/mol. The van der Waals surface area contributed by atoms with E-state index < -0.39 is 0 Å². The Morgan fingerprint density at radius 3 is 2.90 bits per heavy atom. The standard InChI is InChI=1S/C15H20N4O2/c1-3-7-16-13-9-11(2)4-5-12(13)15(20)17-8-6-14-18-10-19-21-14/h4-5,9-10,16H,3,6-8H2,1-2H3,(H,17,20). The predicted octanol–water partition coefficient (Wildman–Crippen LogP) is 2.17. The summed E-state index contributed by atoms with van der Waals surface area (Å²) in [6, 6.07) is 5.77. The van der Waals surface area contributed by atoms with E-state index in [1.54, 1.807) is 0 Å². The second-order valence-corrected chi connectivity index (χ2v) is 4.82. The molecule has 0 aliphatic heterocycles. The Morgan fingerprint density at radius 1 is 1.33 bits per heavy atom. The monoisotopic (exact) mass is 288 g/mol. The number of hydrogen-bond acceptors (Lipinski definition) is 5. The van der Waals surface area contributed by atoms with Gasteiger partial charge in [-0.15, -0.1) is 0 Å². The highest BCUT2D eigenvalue weighted by atomic mass is 16.5. The number of nitrogens with zero attached hydrogens (tertiary/aromatic N) is 2. The second-order valence-electron chi connectivity index (χ2n) is 4.82. The third-order valence-electron chi connectivity index (χ3n) is 3.02. The molecule has 2 rings (SSSR count). The number of aryl methyl sites for hydroxylation is 1. The van der Waals surface area contributed by atoms with Crippen LogP contribution in [0.5, 0.6) is 0 Å². The molecule has 112 valence electrons. The lowest BCUT2D eigenvalue weighted by molar-refractivity contribution is 0.0954. The summed E-state index contributed by atoms with van der Waals surface area (Å²) in [5, 5.41) is 9.68. The minimum atomic E-state index is -0.104. The first-order valence-corrected chi connectivity index (χ1v) is 7.09. The van der Waals surface area contributed by atoms with E-state index in [9.17, 15) is 4.79 Å². The van der Waals surface area contributed by atoms with Crippen LogP contribution in [0.25, 0.3) is 0 Å². The van der Waals surface area contributed by atoms with Crippen LogP contribution in [-0.4, -0.2) is 29.1 Å². The van der Waals surface area contributed by atoms with E-state index in [0.29, 0.717) is 24.4 Å². The largest absolute Gasteiger partial charge is 0.384 e. The van der Waals surface area contributed by atoms with Gasteiger partial charge in [0.2, 0.25) is 5.89 Å². The molecule has 0 atom stereocenters. The van der Waals surface area contributed by atoms with Gasteiger partial charge < -0.3 is 15.2 Å². The maximum absolute atomic E-state index is 12.3. The van der Waals surface area contributed by atoms with Crippen LogP contribution in [0.1, 0.15) is 35.2 Å². The van der Waals surface area contributed by atoms with Crippen molar-refractivity contribution in [2.24, 2.45) is 0 Å². The topological polar surface area (TPSA) is 80.0 Å². The van der Waals surface area contributed by atoms with Crippen molar-refractivity contribution < 1.29 is 9.32 Å². The van der Waals surface area contributed by atoms with Crippen molar-refractivity contribution in [1.29, 1.82) is 0 Å². The lowest BCUT2D eigenvalue weighted by Crippen LogP contribution is -2.26. The van der Waals surface area contributed by atoms with E-state index in [2.05, 4.69) is 27.7 Å². The van der Waals surface area contributed by atoms with Gasteiger partial charge in [-0.1, -0.05) is 18.1 Å². The summed E-state index contributed by atoms with van der Waals surface area (Å²) in [5.41, 5.74) is 2.64. The SMILES string of the molecule is CCCNc1cc(C)ccc1C(=O)NCCc1ncno1. The number of carbonyl (C=O) groups excluding carboxylic acids is 1. The summed E-state index contributed by atoms with van der Waals surface area (Å²) in [7, 11) is 0. The van der Waals surface area contributed by atoms with Crippen LogP contribution < -0.4 is 10.6 Å². The average molecular weight is 288 g/mol. The molecule has 21 heavy (non-hydrogen) atoms. The van der Waals surface area contributed by atoms with Crippen molar-refractivity contribution in [2.45, 2.75) is 26.7 Å². The first-order chi connectivity index (χ1) is 10.2. The van der Waals surface area contributed by atoms with Gasteiger partial charge in [0.25, 0.3) is 5.91 Å². The van der Waals surface area contributed by atoms with Gasteiger partial charge in [0, 0.05) is 25.2 Å². The van der Waals surface area contributed by atoms with E-state index in [-0.39, 0.29) is 5.91 Å². The lowest BCUT2D eigenvalue weighted by atomic mass is 10.1. The van der Waals surface area contributed by atoms with Gasteiger partial charge in [0.05, 0.1) is 5.56 Å². The number of hydrogen-bond donors (Lipinski definition) is 2. The van der Waals surface area contributed by atoms with Crippen LogP contribution in [0.2, 0.25) is 0 Å². The molecule has 0 unspecified atom stereocenters. The molecule has 2 N–H and O–H groups in total. The third-order valence-corrected chi connectivity index (χ3v) is 3.02.